The number of amides is 1. The number of carboxylic acids is 1. The molecule has 146 valence electrons. The Morgan fingerprint density at radius 1 is 1.33 bits per heavy atom. The van der Waals surface area contributed by atoms with Gasteiger partial charge in [0.1, 0.15) is 0 Å². The van der Waals surface area contributed by atoms with Crippen LogP contribution in [-0.4, -0.2) is 39.1 Å². The largest absolute Gasteiger partial charge is 0.481 e. The number of carbonyl (C=O) groups excluding carboxylic acids is 1. The van der Waals surface area contributed by atoms with Crippen LogP contribution in [0.3, 0.4) is 0 Å². The lowest BCUT2D eigenvalue weighted by Gasteiger charge is -2.21. The van der Waals surface area contributed by atoms with E-state index in [-0.39, 0.29) is 24.0 Å². The number of aliphatic carboxylic acids is 1. The van der Waals surface area contributed by atoms with E-state index in [0.29, 0.717) is 18.0 Å². The van der Waals surface area contributed by atoms with Crippen molar-refractivity contribution in [2.75, 3.05) is 5.73 Å². The van der Waals surface area contributed by atoms with Gasteiger partial charge < -0.3 is 25.9 Å². The van der Waals surface area contributed by atoms with E-state index in [1.54, 1.807) is 6.92 Å². The van der Waals surface area contributed by atoms with Crippen LogP contribution in [0.1, 0.15) is 47.9 Å². The molecule has 1 heterocycles. The quantitative estimate of drug-likeness (QED) is 0.635. The fourth-order valence-electron chi connectivity index (χ4n) is 3.01. The highest BCUT2D eigenvalue weighted by Crippen LogP contribution is 2.24. The molecule has 1 aromatic carbocycles. The molecule has 1 amide bonds. The van der Waals surface area contributed by atoms with Gasteiger partial charge in [-0.25, -0.2) is 4.98 Å². The molecule has 1 fully saturated rings. The second kappa shape index (κ2) is 9.72. The molecule has 1 aliphatic carbocycles. The molecule has 0 bridgehead atoms. The number of aromatic amines is 1. The summed E-state index contributed by atoms with van der Waals surface area (Å²) in [4.78, 5) is 28.2. The fourth-order valence-corrected chi connectivity index (χ4v) is 3.01. The van der Waals surface area contributed by atoms with Crippen LogP contribution in [0, 0.1) is 6.92 Å². The Balaban J connectivity index is 0.000000596. The molecule has 1 saturated carbocycles. The predicted octanol–water partition coefficient (Wildman–Crippen LogP) is 2.26. The molecule has 5 N–H and O–H groups in total. The Hall–Kier alpha value is -2.87. The van der Waals surface area contributed by atoms with Gasteiger partial charge in [0.05, 0.1) is 18.8 Å². The number of ether oxygens (including phenoxy) is 1. The second-order valence-corrected chi connectivity index (χ2v) is 6.46. The third-order valence-electron chi connectivity index (χ3n) is 4.19. The number of H-pyrrole nitrogens is 1. The van der Waals surface area contributed by atoms with Crippen molar-refractivity contribution in [1.29, 1.82) is 0 Å². The van der Waals surface area contributed by atoms with Crippen LogP contribution in [0.25, 0.3) is 0 Å². The van der Waals surface area contributed by atoms with Crippen molar-refractivity contribution in [3.05, 3.63) is 47.3 Å². The molecule has 1 aliphatic rings. The average molecular weight is 374 g/mol. The maximum Gasteiger partial charge on any atom is 0.300 e. The van der Waals surface area contributed by atoms with Gasteiger partial charge in [-0.15, -0.1) is 0 Å². The molecule has 0 spiro atoms. The molecule has 2 atom stereocenters. The summed E-state index contributed by atoms with van der Waals surface area (Å²) < 4.78 is 6.01. The zero-order valence-corrected chi connectivity index (χ0v) is 15.6. The monoisotopic (exact) mass is 374 g/mol. The Labute approximate surface area is 158 Å². The number of anilines is 1. The fraction of sp³-hybridized carbons (Fsp3) is 0.421. The van der Waals surface area contributed by atoms with E-state index in [4.69, 9.17) is 20.4 Å². The first-order chi connectivity index (χ1) is 12.9. The van der Waals surface area contributed by atoms with E-state index in [1.807, 2.05) is 30.3 Å². The number of nitrogen functional groups attached to an aromatic ring is 1. The number of aromatic nitrogens is 2. The van der Waals surface area contributed by atoms with Crippen molar-refractivity contribution in [1.82, 2.24) is 15.3 Å². The van der Waals surface area contributed by atoms with Crippen LogP contribution in [0.4, 0.5) is 5.95 Å². The summed E-state index contributed by atoms with van der Waals surface area (Å²) in [6, 6.07) is 10.1. The zero-order chi connectivity index (χ0) is 19.8. The number of imidazole rings is 1. The van der Waals surface area contributed by atoms with E-state index < -0.39 is 5.97 Å². The van der Waals surface area contributed by atoms with E-state index in [9.17, 15) is 4.79 Å². The number of benzene rings is 1. The minimum Gasteiger partial charge on any atom is -0.481 e. The van der Waals surface area contributed by atoms with Gasteiger partial charge in [0, 0.05) is 12.6 Å². The van der Waals surface area contributed by atoms with E-state index in [1.165, 1.54) is 0 Å². The summed E-state index contributed by atoms with van der Waals surface area (Å²) >= 11 is 0. The lowest BCUT2D eigenvalue weighted by molar-refractivity contribution is -0.134. The highest BCUT2D eigenvalue weighted by molar-refractivity contribution is 5.94. The van der Waals surface area contributed by atoms with E-state index in [2.05, 4.69) is 15.3 Å². The minimum absolute atomic E-state index is 0.0172. The summed E-state index contributed by atoms with van der Waals surface area (Å²) in [5, 5.41) is 10.5. The maximum atomic E-state index is 12.3. The minimum atomic E-state index is -0.833. The van der Waals surface area contributed by atoms with Crippen molar-refractivity contribution >= 4 is 17.8 Å². The molecule has 8 heteroatoms. The van der Waals surface area contributed by atoms with Crippen molar-refractivity contribution < 1.29 is 19.4 Å². The number of aryl methyl sites for hydroxylation is 1. The Morgan fingerprint density at radius 2 is 2.00 bits per heavy atom. The molecule has 0 radical (unpaired) electrons. The number of nitrogens with two attached hydrogens (primary N) is 1. The van der Waals surface area contributed by atoms with Gasteiger partial charge >= 0.3 is 0 Å². The van der Waals surface area contributed by atoms with Gasteiger partial charge in [0.2, 0.25) is 0 Å². The lowest BCUT2D eigenvalue weighted by Crippen LogP contribution is -2.41. The van der Waals surface area contributed by atoms with E-state index in [0.717, 1.165) is 31.7 Å². The van der Waals surface area contributed by atoms with Gasteiger partial charge in [0.15, 0.2) is 11.6 Å². The van der Waals surface area contributed by atoms with Crippen LogP contribution < -0.4 is 11.1 Å². The van der Waals surface area contributed by atoms with Crippen LogP contribution in [0.2, 0.25) is 0 Å². The van der Waals surface area contributed by atoms with Crippen molar-refractivity contribution in [3.63, 3.8) is 0 Å². The Morgan fingerprint density at radius 3 is 2.59 bits per heavy atom. The highest BCUT2D eigenvalue weighted by Gasteiger charge is 2.30. The third kappa shape index (κ3) is 6.41. The zero-order valence-electron chi connectivity index (χ0n) is 15.6. The predicted molar refractivity (Wildman–Crippen MR) is 101 cm³/mol. The normalized spacial score (nSPS) is 18.4. The third-order valence-corrected chi connectivity index (χ3v) is 4.19. The molecule has 0 saturated heterocycles. The number of carboxylic acid groups (broad SMARTS) is 1. The van der Waals surface area contributed by atoms with Gasteiger partial charge in [-0.3, -0.25) is 9.59 Å². The van der Waals surface area contributed by atoms with Crippen molar-refractivity contribution in [2.45, 2.75) is 51.9 Å². The van der Waals surface area contributed by atoms with Gasteiger partial charge in [-0.2, -0.15) is 0 Å². The first-order valence-electron chi connectivity index (χ1n) is 8.84. The van der Waals surface area contributed by atoms with Gasteiger partial charge in [0.25, 0.3) is 11.9 Å². The molecular formula is C19H26N4O4. The first kappa shape index (κ1) is 20.4. The molecule has 2 aromatic rings. The molecular weight excluding hydrogens is 348 g/mol. The number of carbonyl (C=O) groups is 2. The SMILES string of the molecule is CC(=O)O.Cc1[nH]c(N)nc1C(=O)N[C@@H]1CCC[C@H]1OCc1ccccc1. The highest BCUT2D eigenvalue weighted by atomic mass is 16.5. The van der Waals surface area contributed by atoms with Crippen LogP contribution in [0.15, 0.2) is 30.3 Å². The summed E-state index contributed by atoms with van der Waals surface area (Å²) in [5.74, 6) is -0.772. The Kier molecular flexibility index (Phi) is 7.36. The molecule has 1 aromatic heterocycles. The van der Waals surface area contributed by atoms with Gasteiger partial charge in [-0.05, 0) is 31.7 Å². The maximum absolute atomic E-state index is 12.3. The van der Waals surface area contributed by atoms with Gasteiger partial charge in [-0.1, -0.05) is 30.3 Å². The smallest absolute Gasteiger partial charge is 0.300 e. The summed E-state index contributed by atoms with van der Waals surface area (Å²) in [6.07, 6.45) is 2.96. The van der Waals surface area contributed by atoms with Crippen LogP contribution >= 0.6 is 0 Å². The number of nitrogens with one attached hydrogen (secondary N) is 2. The Bertz CT molecular complexity index is 756. The number of hydrogen-bond acceptors (Lipinski definition) is 5. The summed E-state index contributed by atoms with van der Waals surface area (Å²) in [7, 11) is 0. The summed E-state index contributed by atoms with van der Waals surface area (Å²) in [6.45, 7) is 3.43. The molecule has 0 unspecified atom stereocenters. The van der Waals surface area contributed by atoms with Crippen LogP contribution in [-0.2, 0) is 16.1 Å². The molecule has 27 heavy (non-hydrogen) atoms. The first-order valence-corrected chi connectivity index (χ1v) is 8.84. The molecule has 8 nitrogen and oxygen atoms in total. The number of nitrogens with zero attached hydrogens (tertiary/aromatic N) is 1. The standard InChI is InChI=1S/C17H22N4O2.C2H4O2/c1-11-15(21-17(18)19-11)16(22)20-13-8-5-9-14(13)23-10-12-6-3-2-4-7-12;1-2(3)4/h2-4,6-7,13-14H,5,8-10H2,1H3,(H,20,22)(H3,18,19,21);1H3,(H,3,4)/t13-,14-;/m1./s1. The van der Waals surface area contributed by atoms with E-state index >= 15 is 0 Å². The average Bonchev–Trinajstić information content (AvgIpc) is 3.19. The lowest BCUT2D eigenvalue weighted by atomic mass is 10.2. The number of hydrogen-bond donors (Lipinski definition) is 4. The van der Waals surface area contributed by atoms with Crippen molar-refractivity contribution in [3.8, 4) is 0 Å². The van der Waals surface area contributed by atoms with Crippen molar-refractivity contribution in [2.24, 2.45) is 0 Å². The summed E-state index contributed by atoms with van der Waals surface area (Å²) in [5.41, 5.74) is 7.77. The van der Waals surface area contributed by atoms with Crippen LogP contribution in [0.5, 0.6) is 0 Å². The molecule has 0 aliphatic heterocycles. The molecule has 3 rings (SSSR count). The topological polar surface area (TPSA) is 130 Å². The second-order valence-electron chi connectivity index (χ2n) is 6.46. The number of rotatable bonds is 5.